The smallest absolute Gasteiger partial charge is 0.236 e. The van der Waals surface area contributed by atoms with Gasteiger partial charge in [-0.3, -0.25) is 4.79 Å². The normalized spacial score (nSPS) is 29.2. The summed E-state index contributed by atoms with van der Waals surface area (Å²) < 4.78 is 0. The highest BCUT2D eigenvalue weighted by atomic mass is 16.2. The third-order valence-corrected chi connectivity index (χ3v) is 4.37. The van der Waals surface area contributed by atoms with Crippen molar-refractivity contribution in [1.29, 1.82) is 0 Å². The van der Waals surface area contributed by atoms with Gasteiger partial charge >= 0.3 is 0 Å². The molecule has 0 unspecified atom stereocenters. The minimum Gasteiger partial charge on any atom is -0.342 e. The molecule has 2 fully saturated rings. The first kappa shape index (κ1) is 12.9. The first-order valence-electron chi connectivity index (χ1n) is 7.18. The minimum atomic E-state index is 0.303. The second kappa shape index (κ2) is 5.85. The van der Waals surface area contributed by atoms with Crippen LogP contribution < -0.4 is 5.32 Å². The molecule has 1 aliphatic heterocycles. The maximum atomic E-state index is 11.9. The van der Waals surface area contributed by atoms with E-state index in [4.69, 9.17) is 0 Å². The summed E-state index contributed by atoms with van der Waals surface area (Å²) in [5, 5.41) is 3.41. The molecule has 3 heteroatoms. The fraction of sp³-hybridized carbons (Fsp3) is 0.929. The van der Waals surface area contributed by atoms with Gasteiger partial charge in [0.2, 0.25) is 5.91 Å². The molecule has 0 radical (unpaired) electrons. The predicted molar refractivity (Wildman–Crippen MR) is 69.8 cm³/mol. The zero-order chi connectivity index (χ0) is 12.3. The predicted octanol–water partition coefficient (Wildman–Crippen LogP) is 2.02. The standard InChI is InChI=1S/C14H26N2O/c1-11(2)12-8-13(9-12)15-10-14(17)16-6-4-3-5-7-16/h11-13,15H,3-10H2,1-2H3. The molecule has 0 aromatic rings. The van der Waals surface area contributed by atoms with E-state index in [2.05, 4.69) is 19.2 Å². The Bertz CT molecular complexity index is 253. The van der Waals surface area contributed by atoms with Gasteiger partial charge in [-0.1, -0.05) is 13.8 Å². The molecule has 1 saturated heterocycles. The molecule has 0 atom stereocenters. The highest BCUT2D eigenvalue weighted by Crippen LogP contribution is 2.33. The third kappa shape index (κ3) is 3.44. The van der Waals surface area contributed by atoms with Gasteiger partial charge in [0.15, 0.2) is 0 Å². The Balaban J connectivity index is 1.61. The van der Waals surface area contributed by atoms with Crippen molar-refractivity contribution in [2.45, 2.75) is 52.0 Å². The first-order chi connectivity index (χ1) is 8.16. The van der Waals surface area contributed by atoms with Crippen LogP contribution in [0.2, 0.25) is 0 Å². The number of likely N-dealkylation sites (tertiary alicyclic amines) is 1. The van der Waals surface area contributed by atoms with Crippen LogP contribution in [0.3, 0.4) is 0 Å². The van der Waals surface area contributed by atoms with Gasteiger partial charge in [0, 0.05) is 19.1 Å². The summed E-state index contributed by atoms with van der Waals surface area (Å²) >= 11 is 0. The van der Waals surface area contributed by atoms with Crippen molar-refractivity contribution in [1.82, 2.24) is 10.2 Å². The summed E-state index contributed by atoms with van der Waals surface area (Å²) in [7, 11) is 0. The maximum Gasteiger partial charge on any atom is 0.236 e. The zero-order valence-corrected chi connectivity index (χ0v) is 11.2. The Kier molecular flexibility index (Phi) is 4.43. The second-order valence-electron chi connectivity index (χ2n) is 5.99. The molecule has 17 heavy (non-hydrogen) atoms. The first-order valence-corrected chi connectivity index (χ1v) is 7.18. The average Bonchev–Trinajstić information content (AvgIpc) is 2.27. The second-order valence-corrected chi connectivity index (χ2v) is 5.99. The van der Waals surface area contributed by atoms with Crippen LogP contribution in [0.4, 0.5) is 0 Å². The van der Waals surface area contributed by atoms with Crippen molar-refractivity contribution in [3.8, 4) is 0 Å². The van der Waals surface area contributed by atoms with E-state index in [1.165, 1.54) is 32.1 Å². The molecule has 1 heterocycles. The van der Waals surface area contributed by atoms with Crippen LogP contribution in [-0.4, -0.2) is 36.5 Å². The van der Waals surface area contributed by atoms with Crippen LogP contribution in [0, 0.1) is 11.8 Å². The van der Waals surface area contributed by atoms with Crippen molar-refractivity contribution in [2.24, 2.45) is 11.8 Å². The number of piperidine rings is 1. The lowest BCUT2D eigenvalue weighted by Gasteiger charge is -2.39. The maximum absolute atomic E-state index is 11.9. The highest BCUT2D eigenvalue weighted by Gasteiger charge is 2.31. The van der Waals surface area contributed by atoms with E-state index in [0.29, 0.717) is 18.5 Å². The van der Waals surface area contributed by atoms with Crippen LogP contribution in [0.1, 0.15) is 46.0 Å². The molecular weight excluding hydrogens is 212 g/mol. The Hall–Kier alpha value is -0.570. The fourth-order valence-corrected chi connectivity index (χ4v) is 2.86. The Labute approximate surface area is 105 Å². The number of hydrogen-bond acceptors (Lipinski definition) is 2. The fourth-order valence-electron chi connectivity index (χ4n) is 2.86. The highest BCUT2D eigenvalue weighted by molar-refractivity contribution is 5.78. The van der Waals surface area contributed by atoms with E-state index < -0.39 is 0 Å². The summed E-state index contributed by atoms with van der Waals surface area (Å²) in [4.78, 5) is 13.9. The van der Waals surface area contributed by atoms with Crippen LogP contribution in [0.25, 0.3) is 0 Å². The van der Waals surface area contributed by atoms with Gasteiger partial charge < -0.3 is 10.2 Å². The van der Waals surface area contributed by atoms with Gasteiger partial charge in [-0.25, -0.2) is 0 Å². The monoisotopic (exact) mass is 238 g/mol. The number of amides is 1. The van der Waals surface area contributed by atoms with Gasteiger partial charge in [0.1, 0.15) is 0 Å². The molecule has 2 rings (SSSR count). The molecule has 3 nitrogen and oxygen atoms in total. The van der Waals surface area contributed by atoms with Crippen LogP contribution in [0.15, 0.2) is 0 Å². The van der Waals surface area contributed by atoms with Crippen LogP contribution in [-0.2, 0) is 4.79 Å². The van der Waals surface area contributed by atoms with E-state index in [1.807, 2.05) is 4.90 Å². The van der Waals surface area contributed by atoms with Crippen LogP contribution in [0.5, 0.6) is 0 Å². The van der Waals surface area contributed by atoms with Crippen molar-refractivity contribution < 1.29 is 4.79 Å². The van der Waals surface area contributed by atoms with E-state index in [0.717, 1.165) is 24.9 Å². The van der Waals surface area contributed by atoms with Crippen molar-refractivity contribution >= 4 is 5.91 Å². The van der Waals surface area contributed by atoms with Crippen molar-refractivity contribution in [3.05, 3.63) is 0 Å². The Morgan fingerprint density at radius 2 is 1.88 bits per heavy atom. The number of nitrogens with one attached hydrogen (secondary N) is 1. The minimum absolute atomic E-state index is 0.303. The summed E-state index contributed by atoms with van der Waals surface area (Å²) in [5.74, 6) is 1.97. The van der Waals surface area contributed by atoms with Gasteiger partial charge in [0.25, 0.3) is 0 Å². The molecular formula is C14H26N2O. The number of hydrogen-bond donors (Lipinski definition) is 1. The number of carbonyl (C=O) groups is 1. The molecule has 0 bridgehead atoms. The van der Waals surface area contributed by atoms with E-state index in [1.54, 1.807) is 0 Å². The quantitative estimate of drug-likeness (QED) is 0.812. The van der Waals surface area contributed by atoms with Gasteiger partial charge in [-0.2, -0.15) is 0 Å². The van der Waals surface area contributed by atoms with Gasteiger partial charge in [-0.05, 0) is 43.9 Å². The molecule has 1 amide bonds. The summed E-state index contributed by atoms with van der Waals surface area (Å²) in [6.45, 7) is 7.08. The number of carbonyl (C=O) groups excluding carboxylic acids is 1. The van der Waals surface area contributed by atoms with Crippen molar-refractivity contribution in [3.63, 3.8) is 0 Å². The average molecular weight is 238 g/mol. The molecule has 1 N–H and O–H groups in total. The third-order valence-electron chi connectivity index (χ3n) is 4.37. The van der Waals surface area contributed by atoms with E-state index >= 15 is 0 Å². The van der Waals surface area contributed by atoms with E-state index in [9.17, 15) is 4.79 Å². The van der Waals surface area contributed by atoms with Crippen molar-refractivity contribution in [2.75, 3.05) is 19.6 Å². The number of nitrogens with zero attached hydrogens (tertiary/aromatic N) is 1. The summed E-state index contributed by atoms with van der Waals surface area (Å²) in [6.07, 6.45) is 6.17. The summed E-state index contributed by atoms with van der Waals surface area (Å²) in [6, 6.07) is 0.594. The Morgan fingerprint density at radius 3 is 2.47 bits per heavy atom. The zero-order valence-electron chi connectivity index (χ0n) is 11.2. The lowest BCUT2D eigenvalue weighted by molar-refractivity contribution is -0.131. The molecule has 0 aromatic heterocycles. The topological polar surface area (TPSA) is 32.3 Å². The van der Waals surface area contributed by atoms with E-state index in [-0.39, 0.29) is 0 Å². The lowest BCUT2D eigenvalue weighted by Crippen LogP contribution is -2.48. The summed E-state index contributed by atoms with van der Waals surface area (Å²) in [5.41, 5.74) is 0. The molecule has 2 aliphatic rings. The molecule has 0 aromatic carbocycles. The Morgan fingerprint density at radius 1 is 1.24 bits per heavy atom. The largest absolute Gasteiger partial charge is 0.342 e. The lowest BCUT2D eigenvalue weighted by atomic mass is 9.74. The molecule has 98 valence electrons. The van der Waals surface area contributed by atoms with Crippen LogP contribution >= 0.6 is 0 Å². The molecule has 0 spiro atoms. The molecule has 1 aliphatic carbocycles. The van der Waals surface area contributed by atoms with Gasteiger partial charge in [-0.15, -0.1) is 0 Å². The van der Waals surface area contributed by atoms with Gasteiger partial charge in [0.05, 0.1) is 6.54 Å². The SMILES string of the molecule is CC(C)C1CC(NCC(=O)N2CCCCC2)C1. The number of rotatable bonds is 4. The molecule has 1 saturated carbocycles.